The van der Waals surface area contributed by atoms with Crippen molar-refractivity contribution in [3.63, 3.8) is 0 Å². The van der Waals surface area contributed by atoms with E-state index in [1.54, 1.807) is 24.3 Å². The molecule has 0 aliphatic carbocycles. The van der Waals surface area contributed by atoms with E-state index in [-0.39, 0.29) is 6.03 Å². The molecule has 3 rings (SSSR count). The second-order valence-electron chi connectivity index (χ2n) is 7.24. The zero-order valence-corrected chi connectivity index (χ0v) is 17.6. The number of aryl methyl sites for hydroxylation is 1. The summed E-state index contributed by atoms with van der Waals surface area (Å²) in [6.07, 6.45) is 3.53. The highest BCUT2D eigenvalue weighted by Crippen LogP contribution is 2.10. The lowest BCUT2D eigenvalue weighted by Gasteiger charge is -2.08. The van der Waals surface area contributed by atoms with Crippen LogP contribution in [0, 0.1) is 23.2 Å². The highest BCUT2D eigenvalue weighted by Gasteiger charge is 2.02. The molecule has 0 aromatic heterocycles. The minimum Gasteiger partial charge on any atom is -0.334 e. The standard InChI is InChI=1S/C27H25N3O/c1-2-3-4-21-5-7-22(8-6-21)9-10-23-11-13-25(14-12-23)20-29-27(31)30-26-17-15-24(19-28)16-18-26/h5-8,11-18H,2-4,20H2,1H3,(H2,29,30,31). The van der Waals surface area contributed by atoms with Gasteiger partial charge in [-0.05, 0) is 72.5 Å². The van der Waals surface area contributed by atoms with Gasteiger partial charge in [0.05, 0.1) is 11.6 Å². The van der Waals surface area contributed by atoms with Gasteiger partial charge in [-0.2, -0.15) is 5.26 Å². The quantitative estimate of drug-likeness (QED) is 0.521. The number of anilines is 1. The van der Waals surface area contributed by atoms with Gasteiger partial charge in [0, 0.05) is 23.4 Å². The van der Waals surface area contributed by atoms with Gasteiger partial charge in [0.1, 0.15) is 0 Å². The molecular formula is C27H25N3O. The van der Waals surface area contributed by atoms with Gasteiger partial charge in [0.15, 0.2) is 0 Å². The Bertz CT molecular complexity index is 1100. The smallest absolute Gasteiger partial charge is 0.319 e. The van der Waals surface area contributed by atoms with Crippen molar-refractivity contribution in [2.75, 3.05) is 5.32 Å². The van der Waals surface area contributed by atoms with E-state index in [9.17, 15) is 4.79 Å². The average molecular weight is 408 g/mol. The molecule has 0 aliphatic heterocycles. The molecule has 4 nitrogen and oxygen atoms in total. The number of unbranched alkanes of at least 4 members (excludes halogenated alkanes) is 1. The van der Waals surface area contributed by atoms with E-state index in [1.165, 1.54) is 18.4 Å². The summed E-state index contributed by atoms with van der Waals surface area (Å²) in [5, 5.41) is 14.4. The average Bonchev–Trinajstić information content (AvgIpc) is 2.82. The molecule has 3 aromatic carbocycles. The second kappa shape index (κ2) is 11.2. The second-order valence-corrected chi connectivity index (χ2v) is 7.24. The fourth-order valence-corrected chi connectivity index (χ4v) is 2.97. The molecule has 0 spiro atoms. The van der Waals surface area contributed by atoms with E-state index in [0.717, 1.165) is 23.1 Å². The molecule has 0 fully saturated rings. The van der Waals surface area contributed by atoms with Gasteiger partial charge in [0.25, 0.3) is 0 Å². The van der Waals surface area contributed by atoms with E-state index in [0.29, 0.717) is 17.8 Å². The first kappa shape index (κ1) is 21.7. The summed E-state index contributed by atoms with van der Waals surface area (Å²) < 4.78 is 0. The van der Waals surface area contributed by atoms with Crippen molar-refractivity contribution in [3.05, 3.63) is 101 Å². The maximum absolute atomic E-state index is 12.0. The maximum atomic E-state index is 12.0. The summed E-state index contributed by atoms with van der Waals surface area (Å²) in [6, 6.07) is 24.7. The largest absolute Gasteiger partial charge is 0.334 e. The number of hydrogen-bond donors (Lipinski definition) is 2. The molecule has 154 valence electrons. The summed E-state index contributed by atoms with van der Waals surface area (Å²) >= 11 is 0. The van der Waals surface area contributed by atoms with Gasteiger partial charge < -0.3 is 10.6 Å². The monoisotopic (exact) mass is 407 g/mol. The fraction of sp³-hybridized carbons (Fsp3) is 0.185. The number of carbonyl (C=O) groups is 1. The van der Waals surface area contributed by atoms with E-state index in [1.807, 2.05) is 30.3 Å². The Morgan fingerprint density at radius 2 is 1.35 bits per heavy atom. The lowest BCUT2D eigenvalue weighted by molar-refractivity contribution is 0.251. The Morgan fingerprint density at radius 3 is 1.90 bits per heavy atom. The van der Waals surface area contributed by atoms with Crippen LogP contribution in [-0.2, 0) is 13.0 Å². The van der Waals surface area contributed by atoms with Gasteiger partial charge in [-0.1, -0.05) is 49.5 Å². The molecule has 0 aliphatic rings. The lowest BCUT2D eigenvalue weighted by atomic mass is 10.1. The molecule has 0 unspecified atom stereocenters. The number of nitriles is 1. The molecule has 0 saturated carbocycles. The first-order chi connectivity index (χ1) is 15.2. The van der Waals surface area contributed by atoms with Crippen molar-refractivity contribution < 1.29 is 4.79 Å². The normalized spacial score (nSPS) is 9.81. The van der Waals surface area contributed by atoms with Crippen LogP contribution in [0.3, 0.4) is 0 Å². The van der Waals surface area contributed by atoms with Gasteiger partial charge in [-0.3, -0.25) is 0 Å². The molecular weight excluding hydrogens is 382 g/mol. The Kier molecular flexibility index (Phi) is 7.86. The van der Waals surface area contributed by atoms with Crippen molar-refractivity contribution >= 4 is 11.7 Å². The van der Waals surface area contributed by atoms with Gasteiger partial charge in [-0.25, -0.2) is 4.79 Å². The first-order valence-electron chi connectivity index (χ1n) is 10.4. The lowest BCUT2D eigenvalue weighted by Crippen LogP contribution is -2.28. The van der Waals surface area contributed by atoms with Crippen molar-refractivity contribution in [3.8, 4) is 17.9 Å². The third-order valence-corrected chi connectivity index (χ3v) is 4.80. The Balaban J connectivity index is 1.49. The van der Waals surface area contributed by atoms with Gasteiger partial charge in [0.2, 0.25) is 0 Å². The Labute approximate surface area is 183 Å². The minimum atomic E-state index is -0.295. The number of nitrogens with one attached hydrogen (secondary N) is 2. The topological polar surface area (TPSA) is 64.9 Å². The number of nitrogens with zero attached hydrogens (tertiary/aromatic N) is 1. The third-order valence-electron chi connectivity index (χ3n) is 4.80. The Morgan fingerprint density at radius 1 is 0.806 bits per heavy atom. The van der Waals surface area contributed by atoms with Crippen LogP contribution in [0.5, 0.6) is 0 Å². The van der Waals surface area contributed by atoms with E-state index in [2.05, 4.69) is 53.7 Å². The number of carbonyl (C=O) groups excluding carboxylic acids is 1. The molecule has 4 heteroatoms. The SMILES string of the molecule is CCCCc1ccc(C#Cc2ccc(CNC(=O)Nc3ccc(C#N)cc3)cc2)cc1. The van der Waals surface area contributed by atoms with Crippen LogP contribution in [0.15, 0.2) is 72.8 Å². The van der Waals surface area contributed by atoms with Crippen molar-refractivity contribution in [1.29, 1.82) is 5.26 Å². The Hall–Kier alpha value is -4.02. The van der Waals surface area contributed by atoms with Gasteiger partial charge >= 0.3 is 6.03 Å². The molecule has 0 bridgehead atoms. The van der Waals surface area contributed by atoms with E-state index < -0.39 is 0 Å². The number of urea groups is 1. The summed E-state index contributed by atoms with van der Waals surface area (Å²) in [4.78, 5) is 12.0. The molecule has 0 atom stereocenters. The minimum absolute atomic E-state index is 0.295. The van der Waals surface area contributed by atoms with Crippen molar-refractivity contribution in [1.82, 2.24) is 5.32 Å². The molecule has 0 heterocycles. The number of rotatable bonds is 6. The molecule has 3 aromatic rings. The van der Waals surface area contributed by atoms with Crippen molar-refractivity contribution in [2.24, 2.45) is 0 Å². The van der Waals surface area contributed by atoms with Gasteiger partial charge in [-0.15, -0.1) is 0 Å². The number of hydrogen-bond acceptors (Lipinski definition) is 2. The van der Waals surface area contributed by atoms with E-state index >= 15 is 0 Å². The summed E-state index contributed by atoms with van der Waals surface area (Å²) in [7, 11) is 0. The predicted molar refractivity (Wildman–Crippen MR) is 124 cm³/mol. The van der Waals surface area contributed by atoms with E-state index in [4.69, 9.17) is 5.26 Å². The fourth-order valence-electron chi connectivity index (χ4n) is 2.97. The van der Waals surface area contributed by atoms with Crippen LogP contribution in [0.4, 0.5) is 10.5 Å². The third kappa shape index (κ3) is 7.07. The first-order valence-corrected chi connectivity index (χ1v) is 10.4. The van der Waals surface area contributed by atoms with Crippen LogP contribution >= 0.6 is 0 Å². The summed E-state index contributed by atoms with van der Waals surface area (Å²) in [6.45, 7) is 2.61. The van der Waals surface area contributed by atoms with Crippen LogP contribution in [0.25, 0.3) is 0 Å². The molecule has 31 heavy (non-hydrogen) atoms. The predicted octanol–water partition coefficient (Wildman–Crippen LogP) is 5.62. The van der Waals surface area contributed by atoms with Crippen LogP contribution in [0.2, 0.25) is 0 Å². The molecule has 2 amide bonds. The maximum Gasteiger partial charge on any atom is 0.319 e. The molecule has 0 saturated heterocycles. The highest BCUT2D eigenvalue weighted by atomic mass is 16.2. The highest BCUT2D eigenvalue weighted by molar-refractivity contribution is 5.89. The summed E-state index contributed by atoms with van der Waals surface area (Å²) in [5.74, 6) is 6.38. The van der Waals surface area contributed by atoms with Crippen LogP contribution < -0.4 is 10.6 Å². The number of amides is 2. The number of benzene rings is 3. The molecule has 2 N–H and O–H groups in total. The van der Waals surface area contributed by atoms with Crippen LogP contribution in [0.1, 0.15) is 47.6 Å². The summed E-state index contributed by atoms with van der Waals surface area (Å²) in [5.41, 5.74) is 5.47. The zero-order chi connectivity index (χ0) is 21.9. The van der Waals surface area contributed by atoms with Crippen molar-refractivity contribution in [2.45, 2.75) is 32.7 Å². The van der Waals surface area contributed by atoms with Crippen LogP contribution in [-0.4, -0.2) is 6.03 Å². The molecule has 0 radical (unpaired) electrons. The zero-order valence-electron chi connectivity index (χ0n) is 17.6.